The Bertz CT molecular complexity index is 1030. The van der Waals surface area contributed by atoms with E-state index in [2.05, 4.69) is 41.8 Å². The summed E-state index contributed by atoms with van der Waals surface area (Å²) in [6, 6.07) is 24.4. The maximum atomic E-state index is 5.99. The molecule has 0 radical (unpaired) electrons. The third-order valence-corrected chi connectivity index (χ3v) is 4.62. The molecule has 3 aromatic carbocycles. The molecule has 136 valence electrons. The van der Waals surface area contributed by atoms with Gasteiger partial charge in [0.2, 0.25) is 0 Å². The monoisotopic (exact) mass is 358 g/mol. The summed E-state index contributed by atoms with van der Waals surface area (Å²) in [4.78, 5) is 4.79. The zero-order chi connectivity index (χ0) is 18.6. The van der Waals surface area contributed by atoms with Crippen molar-refractivity contribution >= 4 is 11.0 Å². The molecule has 4 nitrogen and oxygen atoms in total. The number of para-hydroxylation sites is 2. The van der Waals surface area contributed by atoms with Gasteiger partial charge in [-0.05, 0) is 48.9 Å². The molecular formula is C23H22N2O2. The summed E-state index contributed by atoms with van der Waals surface area (Å²) in [6.45, 7) is 3.23. The van der Waals surface area contributed by atoms with Crippen molar-refractivity contribution in [1.29, 1.82) is 0 Å². The summed E-state index contributed by atoms with van der Waals surface area (Å²) >= 11 is 0. The Morgan fingerprint density at radius 1 is 0.852 bits per heavy atom. The SMILES string of the molecule is COc1ccc(Cn2c(COc3ccc(C)cc3)nc3ccccc32)cc1. The number of aryl methyl sites for hydroxylation is 1. The number of aromatic nitrogens is 2. The lowest BCUT2D eigenvalue weighted by atomic mass is 10.2. The predicted octanol–water partition coefficient (Wildman–Crippen LogP) is 4.98. The van der Waals surface area contributed by atoms with Crippen LogP contribution in [0.4, 0.5) is 0 Å². The average molecular weight is 358 g/mol. The van der Waals surface area contributed by atoms with Gasteiger partial charge in [0.25, 0.3) is 0 Å². The molecule has 4 rings (SSSR count). The summed E-state index contributed by atoms with van der Waals surface area (Å²) in [7, 11) is 1.68. The molecule has 1 aromatic heterocycles. The van der Waals surface area contributed by atoms with Gasteiger partial charge in [0.15, 0.2) is 0 Å². The lowest BCUT2D eigenvalue weighted by Gasteiger charge is -2.11. The predicted molar refractivity (Wildman–Crippen MR) is 107 cm³/mol. The molecule has 4 aromatic rings. The van der Waals surface area contributed by atoms with Crippen molar-refractivity contribution in [2.75, 3.05) is 7.11 Å². The number of imidazole rings is 1. The topological polar surface area (TPSA) is 36.3 Å². The molecule has 0 N–H and O–H groups in total. The number of methoxy groups -OCH3 is 1. The van der Waals surface area contributed by atoms with Gasteiger partial charge in [0, 0.05) is 6.54 Å². The number of benzene rings is 3. The molecule has 0 saturated heterocycles. The first kappa shape index (κ1) is 17.2. The maximum absolute atomic E-state index is 5.99. The Hall–Kier alpha value is -3.27. The van der Waals surface area contributed by atoms with Crippen LogP contribution in [0.3, 0.4) is 0 Å². The molecule has 0 fully saturated rings. The van der Waals surface area contributed by atoms with Crippen LogP contribution in [-0.4, -0.2) is 16.7 Å². The van der Waals surface area contributed by atoms with Gasteiger partial charge in [-0.25, -0.2) is 4.98 Å². The third-order valence-electron chi connectivity index (χ3n) is 4.62. The van der Waals surface area contributed by atoms with Crippen LogP contribution in [0.15, 0.2) is 72.8 Å². The van der Waals surface area contributed by atoms with Crippen LogP contribution in [0.2, 0.25) is 0 Å². The minimum absolute atomic E-state index is 0.424. The second-order valence-electron chi connectivity index (χ2n) is 6.55. The first-order valence-corrected chi connectivity index (χ1v) is 8.99. The fourth-order valence-electron chi connectivity index (χ4n) is 3.11. The maximum Gasteiger partial charge on any atom is 0.148 e. The van der Waals surface area contributed by atoms with Crippen molar-refractivity contribution in [3.05, 3.63) is 89.7 Å². The van der Waals surface area contributed by atoms with Crippen molar-refractivity contribution in [2.24, 2.45) is 0 Å². The Balaban J connectivity index is 1.62. The standard InChI is InChI=1S/C23H22N2O2/c1-17-7-11-20(12-8-17)27-16-23-24-21-5-3-4-6-22(21)25(23)15-18-9-13-19(26-2)14-10-18/h3-14H,15-16H2,1-2H3. The minimum Gasteiger partial charge on any atom is -0.497 e. The molecule has 0 aliphatic rings. The molecule has 1 heterocycles. The van der Waals surface area contributed by atoms with E-state index in [0.29, 0.717) is 6.61 Å². The van der Waals surface area contributed by atoms with E-state index < -0.39 is 0 Å². The van der Waals surface area contributed by atoms with E-state index in [1.54, 1.807) is 7.11 Å². The van der Waals surface area contributed by atoms with E-state index in [0.717, 1.165) is 34.9 Å². The Labute approximate surface area is 159 Å². The van der Waals surface area contributed by atoms with Crippen LogP contribution in [0.25, 0.3) is 11.0 Å². The lowest BCUT2D eigenvalue weighted by molar-refractivity contribution is 0.291. The smallest absolute Gasteiger partial charge is 0.148 e. The van der Waals surface area contributed by atoms with Gasteiger partial charge in [0.1, 0.15) is 23.9 Å². The van der Waals surface area contributed by atoms with Gasteiger partial charge in [0.05, 0.1) is 18.1 Å². The molecule has 0 atom stereocenters. The Kier molecular flexibility index (Phi) is 4.79. The number of rotatable bonds is 6. The molecule has 0 amide bonds. The number of hydrogen-bond donors (Lipinski definition) is 0. The highest BCUT2D eigenvalue weighted by Crippen LogP contribution is 2.21. The number of fused-ring (bicyclic) bond motifs is 1. The van der Waals surface area contributed by atoms with Crippen molar-refractivity contribution < 1.29 is 9.47 Å². The Morgan fingerprint density at radius 3 is 2.30 bits per heavy atom. The highest BCUT2D eigenvalue weighted by molar-refractivity contribution is 5.76. The highest BCUT2D eigenvalue weighted by atomic mass is 16.5. The summed E-state index contributed by atoms with van der Waals surface area (Å²) in [5.41, 5.74) is 4.49. The first-order valence-electron chi connectivity index (χ1n) is 8.99. The number of hydrogen-bond acceptors (Lipinski definition) is 3. The van der Waals surface area contributed by atoms with Gasteiger partial charge >= 0.3 is 0 Å². The first-order chi connectivity index (χ1) is 13.2. The fourth-order valence-corrected chi connectivity index (χ4v) is 3.11. The molecule has 0 bridgehead atoms. The van der Waals surface area contributed by atoms with Crippen molar-refractivity contribution in [1.82, 2.24) is 9.55 Å². The quantitative estimate of drug-likeness (QED) is 0.488. The van der Waals surface area contributed by atoms with Crippen LogP contribution in [-0.2, 0) is 13.2 Å². The second kappa shape index (κ2) is 7.54. The highest BCUT2D eigenvalue weighted by Gasteiger charge is 2.12. The van der Waals surface area contributed by atoms with Crippen molar-refractivity contribution in [3.8, 4) is 11.5 Å². The van der Waals surface area contributed by atoms with E-state index in [4.69, 9.17) is 14.5 Å². The normalized spacial score (nSPS) is 10.9. The Morgan fingerprint density at radius 2 is 1.56 bits per heavy atom. The zero-order valence-corrected chi connectivity index (χ0v) is 15.6. The van der Waals surface area contributed by atoms with Gasteiger partial charge < -0.3 is 14.0 Å². The van der Waals surface area contributed by atoms with Crippen LogP contribution < -0.4 is 9.47 Å². The number of nitrogens with zero attached hydrogens (tertiary/aromatic N) is 2. The van der Waals surface area contributed by atoms with Crippen molar-refractivity contribution in [3.63, 3.8) is 0 Å². The molecule has 27 heavy (non-hydrogen) atoms. The van der Waals surface area contributed by atoms with Crippen LogP contribution in [0.5, 0.6) is 11.5 Å². The van der Waals surface area contributed by atoms with Crippen LogP contribution in [0.1, 0.15) is 17.0 Å². The second-order valence-corrected chi connectivity index (χ2v) is 6.55. The van der Waals surface area contributed by atoms with Gasteiger partial charge in [-0.1, -0.05) is 42.0 Å². The molecule has 4 heteroatoms. The van der Waals surface area contributed by atoms with E-state index in [-0.39, 0.29) is 0 Å². The zero-order valence-electron chi connectivity index (χ0n) is 15.6. The van der Waals surface area contributed by atoms with Gasteiger partial charge in [-0.15, -0.1) is 0 Å². The van der Waals surface area contributed by atoms with E-state index in [9.17, 15) is 0 Å². The van der Waals surface area contributed by atoms with Gasteiger partial charge in [-0.2, -0.15) is 0 Å². The average Bonchev–Trinajstić information content (AvgIpc) is 3.06. The van der Waals surface area contributed by atoms with E-state index in [1.165, 1.54) is 11.1 Å². The summed E-state index contributed by atoms with van der Waals surface area (Å²) in [6.07, 6.45) is 0. The fraction of sp³-hybridized carbons (Fsp3) is 0.174. The molecule has 0 aliphatic heterocycles. The lowest BCUT2D eigenvalue weighted by Crippen LogP contribution is -2.08. The summed E-state index contributed by atoms with van der Waals surface area (Å²) in [5, 5.41) is 0. The van der Waals surface area contributed by atoms with E-state index in [1.807, 2.05) is 42.5 Å². The number of ether oxygens (including phenoxy) is 2. The van der Waals surface area contributed by atoms with Gasteiger partial charge in [-0.3, -0.25) is 0 Å². The minimum atomic E-state index is 0.424. The van der Waals surface area contributed by atoms with Crippen molar-refractivity contribution in [2.45, 2.75) is 20.1 Å². The molecule has 0 unspecified atom stereocenters. The molecule has 0 spiro atoms. The molecule has 0 aliphatic carbocycles. The van der Waals surface area contributed by atoms with E-state index >= 15 is 0 Å². The summed E-state index contributed by atoms with van der Waals surface area (Å²) in [5.74, 6) is 2.62. The summed E-state index contributed by atoms with van der Waals surface area (Å²) < 4.78 is 13.5. The largest absolute Gasteiger partial charge is 0.497 e. The van der Waals surface area contributed by atoms with Crippen LogP contribution in [0, 0.1) is 6.92 Å². The third kappa shape index (κ3) is 3.80. The molecule has 0 saturated carbocycles. The molecular weight excluding hydrogens is 336 g/mol. The van der Waals surface area contributed by atoms with Crippen LogP contribution >= 0.6 is 0 Å².